The highest BCUT2D eigenvalue weighted by molar-refractivity contribution is 6.01. The molecule has 1 unspecified atom stereocenters. The highest BCUT2D eigenvalue weighted by atomic mass is 35.5. The maximum atomic E-state index is 12.1. The molecule has 1 aromatic heterocycles. The van der Waals surface area contributed by atoms with Crippen LogP contribution in [0, 0.1) is 6.92 Å². The number of pyridine rings is 1. The topological polar surface area (TPSA) is 54.0 Å². The summed E-state index contributed by atoms with van der Waals surface area (Å²) in [6.07, 6.45) is 5.67. The second-order valence-corrected chi connectivity index (χ2v) is 5.71. The van der Waals surface area contributed by atoms with Gasteiger partial charge in [-0.25, -0.2) is 0 Å². The van der Waals surface area contributed by atoms with Crippen LogP contribution in [-0.4, -0.2) is 23.5 Å². The van der Waals surface area contributed by atoms with Crippen LogP contribution in [0.2, 0.25) is 0 Å². The molecular weight excluding hydrogens is 333 g/mol. The van der Waals surface area contributed by atoms with Crippen molar-refractivity contribution in [1.29, 1.82) is 0 Å². The first kappa shape index (κ1) is 19.7. The molecule has 23 heavy (non-hydrogen) atoms. The van der Waals surface area contributed by atoms with Gasteiger partial charge >= 0.3 is 0 Å². The SMILES string of the molecule is Cc1ccc(NC(=O)CCC2CCCN2)c2cccnc12.Cl.Cl. The van der Waals surface area contributed by atoms with Crippen LogP contribution in [0.4, 0.5) is 5.69 Å². The maximum Gasteiger partial charge on any atom is 0.224 e. The zero-order valence-electron chi connectivity index (χ0n) is 13.2. The fraction of sp³-hybridized carbons (Fsp3) is 0.412. The summed E-state index contributed by atoms with van der Waals surface area (Å²) in [5.74, 6) is 0.0812. The molecule has 1 aliphatic rings. The molecule has 2 N–H and O–H groups in total. The number of benzene rings is 1. The van der Waals surface area contributed by atoms with E-state index in [1.807, 2.05) is 31.2 Å². The number of aromatic nitrogens is 1. The lowest BCUT2D eigenvalue weighted by Crippen LogP contribution is -2.23. The maximum absolute atomic E-state index is 12.1. The van der Waals surface area contributed by atoms with Crippen LogP contribution in [0.3, 0.4) is 0 Å². The third-order valence-electron chi connectivity index (χ3n) is 4.13. The molecule has 0 spiro atoms. The summed E-state index contributed by atoms with van der Waals surface area (Å²) in [5.41, 5.74) is 2.93. The molecule has 3 rings (SSSR count). The zero-order valence-corrected chi connectivity index (χ0v) is 14.8. The van der Waals surface area contributed by atoms with E-state index in [9.17, 15) is 4.79 Å². The van der Waals surface area contributed by atoms with Crippen LogP contribution in [0.15, 0.2) is 30.5 Å². The molecule has 0 aliphatic carbocycles. The Morgan fingerprint density at radius 3 is 2.91 bits per heavy atom. The van der Waals surface area contributed by atoms with Crippen molar-refractivity contribution in [3.05, 3.63) is 36.0 Å². The molecule has 1 aliphatic heterocycles. The summed E-state index contributed by atoms with van der Waals surface area (Å²) in [7, 11) is 0. The number of anilines is 1. The lowest BCUT2D eigenvalue weighted by Gasteiger charge is -2.12. The third-order valence-corrected chi connectivity index (χ3v) is 4.13. The average Bonchev–Trinajstić information content (AvgIpc) is 3.02. The number of amides is 1. The van der Waals surface area contributed by atoms with E-state index in [0.717, 1.165) is 35.1 Å². The Hall–Kier alpha value is -1.36. The van der Waals surface area contributed by atoms with Gasteiger partial charge in [0.15, 0.2) is 0 Å². The van der Waals surface area contributed by atoms with Gasteiger partial charge in [0, 0.05) is 24.0 Å². The number of rotatable bonds is 4. The van der Waals surface area contributed by atoms with Gasteiger partial charge in [-0.05, 0) is 56.5 Å². The van der Waals surface area contributed by atoms with Gasteiger partial charge in [-0.2, -0.15) is 0 Å². The summed E-state index contributed by atoms with van der Waals surface area (Å²) in [6, 6.07) is 8.38. The van der Waals surface area contributed by atoms with Crippen LogP contribution in [0.1, 0.15) is 31.2 Å². The Kier molecular flexibility index (Phi) is 7.76. The minimum atomic E-state index is 0. The molecular formula is C17H23Cl2N3O. The highest BCUT2D eigenvalue weighted by Crippen LogP contribution is 2.24. The monoisotopic (exact) mass is 355 g/mol. The molecule has 0 bridgehead atoms. The van der Waals surface area contributed by atoms with Gasteiger partial charge in [0.25, 0.3) is 0 Å². The molecule has 2 heterocycles. The number of hydrogen-bond donors (Lipinski definition) is 2. The molecule has 1 atom stereocenters. The van der Waals surface area contributed by atoms with Crippen LogP contribution in [0.25, 0.3) is 10.9 Å². The highest BCUT2D eigenvalue weighted by Gasteiger charge is 2.15. The van der Waals surface area contributed by atoms with E-state index < -0.39 is 0 Å². The largest absolute Gasteiger partial charge is 0.325 e. The Balaban J connectivity index is 0.00000132. The molecule has 6 heteroatoms. The fourth-order valence-corrected chi connectivity index (χ4v) is 2.94. The number of halogens is 2. The minimum Gasteiger partial charge on any atom is -0.325 e. The van der Waals surface area contributed by atoms with Gasteiger partial charge in [0.1, 0.15) is 0 Å². The lowest BCUT2D eigenvalue weighted by molar-refractivity contribution is -0.116. The molecule has 0 radical (unpaired) electrons. The van der Waals surface area contributed by atoms with Crippen molar-refractivity contribution in [3.8, 4) is 0 Å². The third kappa shape index (κ3) is 4.80. The Morgan fingerprint density at radius 2 is 2.17 bits per heavy atom. The molecule has 0 saturated carbocycles. The van der Waals surface area contributed by atoms with Gasteiger partial charge in [-0.1, -0.05) is 6.07 Å². The molecule has 1 aromatic carbocycles. The van der Waals surface area contributed by atoms with E-state index in [4.69, 9.17) is 0 Å². The molecule has 1 amide bonds. The number of nitrogens with one attached hydrogen (secondary N) is 2. The number of aryl methyl sites for hydroxylation is 1. The molecule has 4 nitrogen and oxygen atoms in total. The van der Waals surface area contributed by atoms with Crippen molar-refractivity contribution in [3.63, 3.8) is 0 Å². The first-order chi connectivity index (χ1) is 10.2. The first-order valence-corrected chi connectivity index (χ1v) is 7.61. The van der Waals surface area contributed by atoms with Gasteiger partial charge < -0.3 is 10.6 Å². The predicted octanol–water partition coefficient (Wildman–Crippen LogP) is 3.86. The van der Waals surface area contributed by atoms with Crippen molar-refractivity contribution < 1.29 is 4.79 Å². The summed E-state index contributed by atoms with van der Waals surface area (Å²) in [6.45, 7) is 3.12. The van der Waals surface area contributed by atoms with Crippen LogP contribution < -0.4 is 10.6 Å². The first-order valence-electron chi connectivity index (χ1n) is 7.61. The Bertz CT molecular complexity index is 657. The summed E-state index contributed by atoms with van der Waals surface area (Å²) < 4.78 is 0. The predicted molar refractivity (Wildman–Crippen MR) is 99.9 cm³/mol. The van der Waals surface area contributed by atoms with Crippen molar-refractivity contribution in [2.75, 3.05) is 11.9 Å². The average molecular weight is 356 g/mol. The van der Waals surface area contributed by atoms with Crippen molar-refractivity contribution in [1.82, 2.24) is 10.3 Å². The quantitative estimate of drug-likeness (QED) is 0.875. The van der Waals surface area contributed by atoms with Crippen LogP contribution in [0.5, 0.6) is 0 Å². The van der Waals surface area contributed by atoms with Crippen molar-refractivity contribution in [2.45, 2.75) is 38.6 Å². The number of carbonyl (C=O) groups excluding carboxylic acids is 1. The van der Waals surface area contributed by atoms with E-state index in [2.05, 4.69) is 15.6 Å². The van der Waals surface area contributed by atoms with Crippen molar-refractivity contribution >= 4 is 47.3 Å². The summed E-state index contributed by atoms with van der Waals surface area (Å²) in [5, 5.41) is 7.46. The molecule has 2 aromatic rings. The van der Waals surface area contributed by atoms with E-state index >= 15 is 0 Å². The smallest absolute Gasteiger partial charge is 0.224 e. The Labute approximate surface area is 149 Å². The minimum absolute atomic E-state index is 0. The second-order valence-electron chi connectivity index (χ2n) is 5.71. The molecule has 1 fully saturated rings. The van der Waals surface area contributed by atoms with E-state index in [1.165, 1.54) is 12.8 Å². The Morgan fingerprint density at radius 1 is 1.35 bits per heavy atom. The van der Waals surface area contributed by atoms with Crippen LogP contribution in [-0.2, 0) is 4.79 Å². The van der Waals surface area contributed by atoms with Crippen LogP contribution >= 0.6 is 24.8 Å². The standard InChI is InChI=1S/C17H21N3O.2ClH/c1-12-6-8-15(14-5-3-11-19-17(12)14)20-16(21)9-7-13-4-2-10-18-13;;/h3,5-6,8,11,13,18H,2,4,7,9-10H2,1H3,(H,20,21);2*1H. The fourth-order valence-electron chi connectivity index (χ4n) is 2.94. The zero-order chi connectivity index (χ0) is 14.7. The number of carbonyl (C=O) groups is 1. The van der Waals surface area contributed by atoms with Gasteiger partial charge in [0.2, 0.25) is 5.91 Å². The van der Waals surface area contributed by atoms with E-state index in [-0.39, 0.29) is 30.7 Å². The number of nitrogens with zero attached hydrogens (tertiary/aromatic N) is 1. The summed E-state index contributed by atoms with van der Waals surface area (Å²) >= 11 is 0. The van der Waals surface area contributed by atoms with Crippen molar-refractivity contribution in [2.24, 2.45) is 0 Å². The van der Waals surface area contributed by atoms with Gasteiger partial charge in [-0.15, -0.1) is 24.8 Å². The number of hydrogen-bond acceptors (Lipinski definition) is 3. The second kappa shape index (κ2) is 9.06. The van der Waals surface area contributed by atoms with Gasteiger partial charge in [0.05, 0.1) is 11.2 Å². The summed E-state index contributed by atoms with van der Waals surface area (Å²) in [4.78, 5) is 16.5. The normalized spacial score (nSPS) is 16.5. The van der Waals surface area contributed by atoms with E-state index in [1.54, 1.807) is 6.20 Å². The lowest BCUT2D eigenvalue weighted by atomic mass is 10.1. The van der Waals surface area contributed by atoms with Gasteiger partial charge in [-0.3, -0.25) is 9.78 Å². The van der Waals surface area contributed by atoms with E-state index in [0.29, 0.717) is 12.5 Å². The number of fused-ring (bicyclic) bond motifs is 1. The molecule has 1 saturated heterocycles. The molecule has 126 valence electrons.